The number of Topliss-reactive ketones (excluding diaryl/α,β-unsaturated/α-hetero) is 1. The van der Waals surface area contributed by atoms with E-state index in [1.165, 1.54) is 4.90 Å². The molecule has 2 aromatic carbocycles. The molecule has 0 unspecified atom stereocenters. The van der Waals surface area contributed by atoms with Crippen molar-refractivity contribution >= 4 is 28.7 Å². The van der Waals surface area contributed by atoms with Gasteiger partial charge in [0.2, 0.25) is 6.41 Å². The number of hydrogen-bond acceptors (Lipinski definition) is 5. The van der Waals surface area contributed by atoms with E-state index >= 15 is 0 Å². The van der Waals surface area contributed by atoms with Gasteiger partial charge in [-0.05, 0) is 48.6 Å². The number of ketones is 1. The second-order valence-corrected chi connectivity index (χ2v) is 7.67. The summed E-state index contributed by atoms with van der Waals surface area (Å²) >= 11 is 0. The molecule has 1 aliphatic rings. The highest BCUT2D eigenvalue weighted by atomic mass is 16.5. The monoisotopic (exact) mass is 420 g/mol. The minimum absolute atomic E-state index is 0.0315. The number of amides is 1. The topological polar surface area (TPSA) is 77.8 Å². The number of hydrogen-bond donors (Lipinski definition) is 0. The average molecular weight is 420 g/mol. The first-order chi connectivity index (χ1) is 15.0. The Balaban J connectivity index is 1.67. The molecule has 0 radical (unpaired) electrons. The molecule has 7 nitrogen and oxygen atoms in total. The van der Waals surface area contributed by atoms with Gasteiger partial charge in [-0.25, -0.2) is 0 Å². The third-order valence-electron chi connectivity index (χ3n) is 5.61. The number of carbonyl (C=O) groups excluding carboxylic acids is 2. The minimum Gasteiger partial charge on any atom is -0.497 e. The quantitative estimate of drug-likeness (QED) is 0.498. The van der Waals surface area contributed by atoms with Crippen LogP contribution in [-0.4, -0.2) is 37.5 Å². The Morgan fingerprint density at radius 3 is 2.61 bits per heavy atom. The van der Waals surface area contributed by atoms with Crippen LogP contribution in [0.4, 0.5) is 5.69 Å². The molecular formula is C24H24N2O5. The molecule has 0 bridgehead atoms. The summed E-state index contributed by atoms with van der Waals surface area (Å²) in [6.07, 6.45) is 4.17. The summed E-state index contributed by atoms with van der Waals surface area (Å²) < 4.78 is 12.3. The van der Waals surface area contributed by atoms with Crippen LogP contribution in [0.2, 0.25) is 0 Å². The number of fused-ring (bicyclic) bond motifs is 1. The average Bonchev–Trinajstić information content (AvgIpc) is 3.65. The molecule has 0 aliphatic heterocycles. The van der Waals surface area contributed by atoms with Gasteiger partial charge in [-0.1, -0.05) is 6.07 Å². The SMILES string of the molecule is COc1ccc(Cn2ccc3ccc(N(C=O)CC(=O)C4CC4)cc3c2=O)c(OC)c1. The van der Waals surface area contributed by atoms with E-state index < -0.39 is 0 Å². The van der Waals surface area contributed by atoms with Crippen LogP contribution in [0.5, 0.6) is 11.5 Å². The second kappa shape index (κ2) is 8.63. The number of nitrogens with zero attached hydrogens (tertiary/aromatic N) is 2. The van der Waals surface area contributed by atoms with Crippen molar-refractivity contribution in [3.63, 3.8) is 0 Å². The summed E-state index contributed by atoms with van der Waals surface area (Å²) in [5.41, 5.74) is 1.19. The smallest absolute Gasteiger partial charge is 0.258 e. The lowest BCUT2D eigenvalue weighted by molar-refractivity contribution is -0.120. The molecule has 1 heterocycles. The Bertz CT molecular complexity index is 1200. The van der Waals surface area contributed by atoms with Crippen LogP contribution in [-0.2, 0) is 16.1 Å². The van der Waals surface area contributed by atoms with Gasteiger partial charge in [0, 0.05) is 34.8 Å². The zero-order chi connectivity index (χ0) is 22.0. The van der Waals surface area contributed by atoms with Gasteiger partial charge in [0.1, 0.15) is 11.5 Å². The fourth-order valence-electron chi connectivity index (χ4n) is 3.63. The highest BCUT2D eigenvalue weighted by Gasteiger charge is 2.30. The summed E-state index contributed by atoms with van der Waals surface area (Å²) in [7, 11) is 3.16. The number of benzene rings is 2. The maximum atomic E-state index is 13.2. The van der Waals surface area contributed by atoms with Crippen molar-refractivity contribution in [2.75, 3.05) is 25.7 Å². The first-order valence-corrected chi connectivity index (χ1v) is 10.1. The van der Waals surface area contributed by atoms with Gasteiger partial charge < -0.3 is 18.9 Å². The normalized spacial score (nSPS) is 13.1. The van der Waals surface area contributed by atoms with E-state index in [1.54, 1.807) is 49.2 Å². The maximum absolute atomic E-state index is 13.2. The van der Waals surface area contributed by atoms with Crippen LogP contribution in [0, 0.1) is 5.92 Å². The van der Waals surface area contributed by atoms with Crippen LogP contribution in [0.15, 0.2) is 53.5 Å². The second-order valence-electron chi connectivity index (χ2n) is 7.67. The van der Waals surface area contributed by atoms with Crippen molar-refractivity contribution in [3.05, 3.63) is 64.6 Å². The first-order valence-electron chi connectivity index (χ1n) is 10.1. The standard InChI is InChI=1S/C24H24N2O5/c1-30-20-8-6-18(23(12-20)31-2)13-25-10-9-16-5-7-19(11-21(16)24(25)29)26(15-27)14-22(28)17-3-4-17/h5-12,15,17H,3-4,13-14H2,1-2H3. The van der Waals surface area contributed by atoms with Crippen molar-refractivity contribution in [2.24, 2.45) is 5.92 Å². The number of carbonyl (C=O) groups is 2. The Labute approximate surface area is 179 Å². The fourth-order valence-corrected chi connectivity index (χ4v) is 3.63. The Kier molecular flexibility index (Phi) is 5.75. The van der Waals surface area contributed by atoms with E-state index in [9.17, 15) is 14.4 Å². The predicted octanol–water partition coefficient (Wildman–Crippen LogP) is 3.01. The molecule has 0 atom stereocenters. The number of aromatic nitrogens is 1. The van der Waals surface area contributed by atoms with Crippen LogP contribution < -0.4 is 19.9 Å². The lowest BCUT2D eigenvalue weighted by atomic mass is 10.1. The molecule has 160 valence electrons. The first kappa shape index (κ1) is 20.7. The zero-order valence-corrected chi connectivity index (χ0v) is 17.5. The Hall–Kier alpha value is -3.61. The molecule has 1 amide bonds. The van der Waals surface area contributed by atoms with Gasteiger partial charge in [-0.2, -0.15) is 0 Å². The van der Waals surface area contributed by atoms with Gasteiger partial charge in [0.05, 0.1) is 27.3 Å². The number of anilines is 1. The molecule has 3 aromatic rings. The van der Waals surface area contributed by atoms with Crippen molar-refractivity contribution in [1.82, 2.24) is 4.57 Å². The molecule has 1 aliphatic carbocycles. The molecule has 1 saturated carbocycles. The van der Waals surface area contributed by atoms with Crippen molar-refractivity contribution < 1.29 is 19.1 Å². The van der Waals surface area contributed by atoms with Gasteiger partial charge in [0.25, 0.3) is 5.56 Å². The molecular weight excluding hydrogens is 396 g/mol. The largest absolute Gasteiger partial charge is 0.497 e. The van der Waals surface area contributed by atoms with Crippen LogP contribution >= 0.6 is 0 Å². The number of ether oxygens (including phenoxy) is 2. The molecule has 0 N–H and O–H groups in total. The van der Waals surface area contributed by atoms with E-state index in [0.29, 0.717) is 35.5 Å². The molecule has 0 saturated heterocycles. The van der Waals surface area contributed by atoms with Gasteiger partial charge >= 0.3 is 0 Å². The number of methoxy groups -OCH3 is 2. The van der Waals surface area contributed by atoms with Gasteiger partial charge in [-0.3, -0.25) is 14.4 Å². The summed E-state index contributed by atoms with van der Waals surface area (Å²) in [5, 5.41) is 1.25. The molecule has 4 rings (SSSR count). The highest BCUT2D eigenvalue weighted by molar-refractivity contribution is 5.94. The maximum Gasteiger partial charge on any atom is 0.258 e. The summed E-state index contributed by atoms with van der Waals surface area (Å²) in [6.45, 7) is 0.355. The van der Waals surface area contributed by atoms with Crippen LogP contribution in [0.3, 0.4) is 0 Å². The van der Waals surface area contributed by atoms with Crippen molar-refractivity contribution in [2.45, 2.75) is 19.4 Å². The zero-order valence-electron chi connectivity index (χ0n) is 17.5. The Morgan fingerprint density at radius 2 is 1.94 bits per heavy atom. The summed E-state index contributed by atoms with van der Waals surface area (Å²) in [4.78, 5) is 38.3. The van der Waals surface area contributed by atoms with Crippen molar-refractivity contribution in [3.8, 4) is 11.5 Å². The molecule has 1 aromatic heterocycles. The van der Waals surface area contributed by atoms with E-state index in [4.69, 9.17) is 9.47 Å². The van der Waals surface area contributed by atoms with Crippen molar-refractivity contribution in [1.29, 1.82) is 0 Å². The van der Waals surface area contributed by atoms with E-state index in [-0.39, 0.29) is 23.8 Å². The van der Waals surface area contributed by atoms with E-state index in [1.807, 2.05) is 18.2 Å². The van der Waals surface area contributed by atoms with Crippen LogP contribution in [0.25, 0.3) is 10.8 Å². The third kappa shape index (κ3) is 4.30. The minimum atomic E-state index is -0.184. The lowest BCUT2D eigenvalue weighted by Gasteiger charge is -2.17. The third-order valence-corrected chi connectivity index (χ3v) is 5.61. The highest BCUT2D eigenvalue weighted by Crippen LogP contribution is 2.31. The lowest BCUT2D eigenvalue weighted by Crippen LogP contribution is -2.29. The predicted molar refractivity (Wildman–Crippen MR) is 118 cm³/mol. The number of rotatable bonds is 9. The van der Waals surface area contributed by atoms with Crippen LogP contribution in [0.1, 0.15) is 18.4 Å². The fraction of sp³-hybridized carbons (Fsp3) is 0.292. The molecule has 0 spiro atoms. The van der Waals surface area contributed by atoms with Gasteiger partial charge in [-0.15, -0.1) is 0 Å². The molecule has 31 heavy (non-hydrogen) atoms. The van der Waals surface area contributed by atoms with E-state index in [2.05, 4.69) is 0 Å². The summed E-state index contributed by atoms with van der Waals surface area (Å²) in [5.74, 6) is 1.43. The Morgan fingerprint density at radius 1 is 1.13 bits per heavy atom. The summed E-state index contributed by atoms with van der Waals surface area (Å²) in [6, 6.07) is 12.5. The van der Waals surface area contributed by atoms with E-state index in [0.717, 1.165) is 23.8 Å². The number of pyridine rings is 1. The van der Waals surface area contributed by atoms with Gasteiger partial charge in [0.15, 0.2) is 5.78 Å². The molecule has 1 fully saturated rings. The molecule has 7 heteroatoms.